The maximum Gasteiger partial charge on any atom is 0.522 e. The lowest BCUT2D eigenvalue weighted by Crippen LogP contribution is -2.32. The summed E-state index contributed by atoms with van der Waals surface area (Å²) in [5, 5.41) is 7.83. The van der Waals surface area contributed by atoms with E-state index >= 15 is 0 Å². The SMILES string of the molecule is N[C@H]1CCC(c2nnc([C@@H]3C[C@H]3COC(F)(F)F)o2)OC1. The van der Waals surface area contributed by atoms with Crippen molar-refractivity contribution in [2.75, 3.05) is 13.2 Å². The molecule has 2 N–H and O–H groups in total. The molecule has 0 bridgehead atoms. The highest BCUT2D eigenvalue weighted by Gasteiger charge is 2.45. The number of alkyl halides is 3. The summed E-state index contributed by atoms with van der Waals surface area (Å²) in [6, 6.07) is 0.0240. The molecule has 1 saturated carbocycles. The van der Waals surface area contributed by atoms with Gasteiger partial charge in [-0.05, 0) is 25.2 Å². The van der Waals surface area contributed by atoms with Gasteiger partial charge in [0.25, 0.3) is 0 Å². The Bertz CT molecular complexity index is 486. The van der Waals surface area contributed by atoms with E-state index in [9.17, 15) is 13.2 Å². The van der Waals surface area contributed by atoms with E-state index < -0.39 is 6.36 Å². The molecule has 0 radical (unpaired) electrons. The van der Waals surface area contributed by atoms with E-state index in [1.807, 2.05) is 0 Å². The number of ether oxygens (including phenoxy) is 2. The molecule has 2 heterocycles. The predicted molar refractivity (Wildman–Crippen MR) is 63.1 cm³/mol. The second-order valence-corrected chi connectivity index (χ2v) is 5.50. The van der Waals surface area contributed by atoms with Gasteiger partial charge in [-0.15, -0.1) is 23.4 Å². The average molecular weight is 307 g/mol. The molecule has 1 unspecified atom stereocenters. The fraction of sp³-hybridized carbons (Fsp3) is 0.833. The quantitative estimate of drug-likeness (QED) is 0.914. The van der Waals surface area contributed by atoms with Crippen molar-refractivity contribution in [2.24, 2.45) is 11.7 Å². The van der Waals surface area contributed by atoms with E-state index in [2.05, 4.69) is 14.9 Å². The molecule has 2 aliphatic rings. The first kappa shape index (κ1) is 14.7. The highest BCUT2D eigenvalue weighted by atomic mass is 19.4. The largest absolute Gasteiger partial charge is 0.522 e. The summed E-state index contributed by atoms with van der Waals surface area (Å²) in [7, 11) is 0. The summed E-state index contributed by atoms with van der Waals surface area (Å²) in [6.45, 7) is 0.0640. The second-order valence-electron chi connectivity index (χ2n) is 5.50. The van der Waals surface area contributed by atoms with E-state index in [4.69, 9.17) is 14.9 Å². The first-order valence-corrected chi connectivity index (χ1v) is 6.83. The molecule has 4 atom stereocenters. The number of hydrogen-bond acceptors (Lipinski definition) is 6. The topological polar surface area (TPSA) is 83.4 Å². The van der Waals surface area contributed by atoms with Crippen LogP contribution in [0.25, 0.3) is 0 Å². The Hall–Kier alpha value is -1.19. The zero-order valence-corrected chi connectivity index (χ0v) is 11.2. The Morgan fingerprint density at radius 3 is 2.67 bits per heavy atom. The lowest BCUT2D eigenvalue weighted by atomic mass is 10.1. The molecule has 1 aromatic heterocycles. The molecule has 6 nitrogen and oxygen atoms in total. The number of aromatic nitrogens is 2. The fourth-order valence-electron chi connectivity index (χ4n) is 2.43. The van der Waals surface area contributed by atoms with Gasteiger partial charge in [0, 0.05) is 12.0 Å². The number of nitrogens with zero attached hydrogens (tertiary/aromatic N) is 2. The molecule has 2 fully saturated rings. The molecule has 118 valence electrons. The summed E-state index contributed by atoms with van der Waals surface area (Å²) < 4.78 is 50.7. The maximum atomic E-state index is 12.0. The molecule has 1 aromatic rings. The third-order valence-electron chi connectivity index (χ3n) is 3.74. The van der Waals surface area contributed by atoms with Crippen molar-refractivity contribution in [3.8, 4) is 0 Å². The minimum Gasteiger partial charge on any atom is -0.422 e. The van der Waals surface area contributed by atoms with Gasteiger partial charge in [-0.2, -0.15) is 0 Å². The van der Waals surface area contributed by atoms with Crippen molar-refractivity contribution in [3.05, 3.63) is 11.8 Å². The summed E-state index contributed by atoms with van der Waals surface area (Å²) in [6.07, 6.45) is -2.78. The van der Waals surface area contributed by atoms with E-state index in [1.165, 1.54) is 0 Å². The van der Waals surface area contributed by atoms with Crippen LogP contribution in [0.2, 0.25) is 0 Å². The first-order chi connectivity index (χ1) is 9.92. The minimum absolute atomic E-state index is 0.0240. The second kappa shape index (κ2) is 5.54. The van der Waals surface area contributed by atoms with Crippen molar-refractivity contribution in [2.45, 2.75) is 43.7 Å². The van der Waals surface area contributed by atoms with Gasteiger partial charge < -0.3 is 14.9 Å². The third-order valence-corrected chi connectivity index (χ3v) is 3.74. The average Bonchev–Trinajstić information content (AvgIpc) is 3.04. The van der Waals surface area contributed by atoms with E-state index in [0.717, 1.165) is 6.42 Å². The number of halogens is 3. The van der Waals surface area contributed by atoms with Crippen LogP contribution >= 0.6 is 0 Å². The molecular formula is C12H16F3N3O3. The van der Waals surface area contributed by atoms with Crippen LogP contribution in [0.5, 0.6) is 0 Å². The summed E-state index contributed by atoms with van der Waals surface area (Å²) >= 11 is 0. The molecule has 3 rings (SSSR count). The van der Waals surface area contributed by atoms with Gasteiger partial charge >= 0.3 is 6.36 Å². The Morgan fingerprint density at radius 2 is 2.00 bits per heavy atom. The van der Waals surface area contributed by atoms with Crippen molar-refractivity contribution >= 4 is 0 Å². The molecule has 21 heavy (non-hydrogen) atoms. The highest BCUT2D eigenvalue weighted by Crippen LogP contribution is 2.48. The lowest BCUT2D eigenvalue weighted by Gasteiger charge is -2.24. The zero-order valence-electron chi connectivity index (χ0n) is 11.2. The fourth-order valence-corrected chi connectivity index (χ4v) is 2.43. The van der Waals surface area contributed by atoms with Crippen LogP contribution in [0.4, 0.5) is 13.2 Å². The van der Waals surface area contributed by atoms with Gasteiger partial charge in [-0.3, -0.25) is 4.74 Å². The highest BCUT2D eigenvalue weighted by molar-refractivity contribution is 5.07. The van der Waals surface area contributed by atoms with Crippen molar-refractivity contribution in [3.63, 3.8) is 0 Å². The molecular weight excluding hydrogens is 291 g/mol. The van der Waals surface area contributed by atoms with Gasteiger partial charge in [0.05, 0.1) is 13.2 Å². The van der Waals surface area contributed by atoms with Crippen LogP contribution in [-0.4, -0.2) is 35.8 Å². The Balaban J connectivity index is 1.52. The van der Waals surface area contributed by atoms with Gasteiger partial charge in [0.1, 0.15) is 6.10 Å². The van der Waals surface area contributed by atoms with Crippen LogP contribution in [-0.2, 0) is 9.47 Å². The normalized spacial score (nSPS) is 33.1. The Kier molecular flexibility index (Phi) is 3.89. The van der Waals surface area contributed by atoms with Gasteiger partial charge in [-0.1, -0.05) is 0 Å². The number of rotatable bonds is 4. The smallest absolute Gasteiger partial charge is 0.422 e. The van der Waals surface area contributed by atoms with Gasteiger partial charge in [-0.25, -0.2) is 0 Å². The van der Waals surface area contributed by atoms with Crippen molar-refractivity contribution in [1.82, 2.24) is 10.2 Å². The number of hydrogen-bond donors (Lipinski definition) is 1. The number of nitrogens with two attached hydrogens (primary N) is 1. The monoisotopic (exact) mass is 307 g/mol. The third kappa shape index (κ3) is 3.72. The molecule has 0 amide bonds. The predicted octanol–water partition coefficient (Wildman–Crippen LogP) is 1.89. The van der Waals surface area contributed by atoms with Crippen LogP contribution in [0, 0.1) is 5.92 Å². The van der Waals surface area contributed by atoms with E-state index in [-0.39, 0.29) is 30.6 Å². The van der Waals surface area contributed by atoms with E-state index in [0.29, 0.717) is 31.2 Å². The molecule has 9 heteroatoms. The summed E-state index contributed by atoms with van der Waals surface area (Å²) in [5.74, 6) is 0.360. The summed E-state index contributed by atoms with van der Waals surface area (Å²) in [4.78, 5) is 0. The van der Waals surface area contributed by atoms with Crippen LogP contribution in [0.3, 0.4) is 0 Å². The summed E-state index contributed by atoms with van der Waals surface area (Å²) in [5.41, 5.74) is 5.73. The van der Waals surface area contributed by atoms with Gasteiger partial charge in [0.15, 0.2) is 0 Å². The van der Waals surface area contributed by atoms with Crippen LogP contribution < -0.4 is 5.73 Å². The minimum atomic E-state index is -4.60. The maximum absolute atomic E-state index is 12.0. The molecule has 0 spiro atoms. The Labute approximate surface area is 118 Å². The van der Waals surface area contributed by atoms with Crippen LogP contribution in [0.15, 0.2) is 4.42 Å². The molecule has 1 saturated heterocycles. The lowest BCUT2D eigenvalue weighted by molar-refractivity contribution is -0.326. The standard InChI is InChI=1S/C12H16F3N3O3/c13-12(14,15)20-4-6-3-8(6)10-17-18-11(21-10)9-2-1-7(16)5-19-9/h6-9H,1-5,16H2/t6-,7-,8+,9?/m0/s1. The molecule has 0 aromatic carbocycles. The molecule has 1 aliphatic heterocycles. The Morgan fingerprint density at radius 1 is 1.24 bits per heavy atom. The zero-order chi connectivity index (χ0) is 15.0. The van der Waals surface area contributed by atoms with E-state index in [1.54, 1.807) is 0 Å². The molecule has 1 aliphatic carbocycles. The first-order valence-electron chi connectivity index (χ1n) is 6.83. The van der Waals surface area contributed by atoms with Crippen LogP contribution in [0.1, 0.15) is 43.1 Å². The van der Waals surface area contributed by atoms with Crippen molar-refractivity contribution in [1.29, 1.82) is 0 Å². The van der Waals surface area contributed by atoms with Gasteiger partial charge in [0.2, 0.25) is 11.8 Å². The van der Waals surface area contributed by atoms with Crippen molar-refractivity contribution < 1.29 is 27.1 Å².